The van der Waals surface area contributed by atoms with E-state index in [1.165, 1.54) is 9.13 Å². The maximum absolute atomic E-state index is 5.88. The summed E-state index contributed by atoms with van der Waals surface area (Å²) >= 11 is 5.95. The Morgan fingerprint density at radius 1 is 1.35 bits per heavy atom. The van der Waals surface area contributed by atoms with E-state index in [0.29, 0.717) is 6.61 Å². The summed E-state index contributed by atoms with van der Waals surface area (Å²) in [4.78, 5) is 0. The van der Waals surface area contributed by atoms with Crippen molar-refractivity contribution in [1.29, 1.82) is 0 Å². The first-order valence-corrected chi connectivity index (χ1v) is 8.28. The van der Waals surface area contributed by atoms with E-state index < -0.39 is 0 Å². The van der Waals surface area contributed by atoms with Crippen LogP contribution in [0, 0.1) is 3.57 Å². The van der Waals surface area contributed by atoms with Crippen LogP contribution < -0.4 is 5.32 Å². The van der Waals surface area contributed by atoms with Crippen LogP contribution in [0.25, 0.3) is 0 Å². The Morgan fingerprint density at radius 2 is 2.15 bits per heavy atom. The smallest absolute Gasteiger partial charge is 0.129 e. The summed E-state index contributed by atoms with van der Waals surface area (Å²) in [6.07, 6.45) is 0. The number of hydrogen-bond acceptors (Lipinski definition) is 3. The standard InChI is InChI=1S/C15H17BrINO2/c1-3-18-15(12-8-10(17)4-6-13(12)16)14-7-5-11(20-14)9-19-2/h4-8,15,18H,3,9H2,1-2H3. The molecule has 0 aliphatic heterocycles. The summed E-state index contributed by atoms with van der Waals surface area (Å²) in [7, 11) is 1.67. The van der Waals surface area contributed by atoms with Crippen LogP contribution in [0.5, 0.6) is 0 Å². The van der Waals surface area contributed by atoms with Crippen LogP contribution in [0.2, 0.25) is 0 Å². The average molecular weight is 450 g/mol. The minimum atomic E-state index is 0.0368. The highest BCUT2D eigenvalue weighted by atomic mass is 127. The van der Waals surface area contributed by atoms with Gasteiger partial charge in [0.1, 0.15) is 18.1 Å². The minimum absolute atomic E-state index is 0.0368. The van der Waals surface area contributed by atoms with Crippen molar-refractivity contribution in [3.05, 3.63) is 55.5 Å². The predicted octanol–water partition coefficient (Wildman–Crippen LogP) is 4.49. The van der Waals surface area contributed by atoms with E-state index in [-0.39, 0.29) is 6.04 Å². The molecule has 0 radical (unpaired) electrons. The fraction of sp³-hybridized carbons (Fsp3) is 0.333. The first-order valence-electron chi connectivity index (χ1n) is 6.41. The maximum atomic E-state index is 5.88. The maximum Gasteiger partial charge on any atom is 0.129 e. The number of nitrogens with one attached hydrogen (secondary N) is 1. The minimum Gasteiger partial charge on any atom is -0.462 e. The molecule has 0 aliphatic carbocycles. The predicted molar refractivity (Wildman–Crippen MR) is 91.8 cm³/mol. The summed E-state index contributed by atoms with van der Waals surface area (Å²) in [6.45, 7) is 3.45. The molecular weight excluding hydrogens is 433 g/mol. The van der Waals surface area contributed by atoms with E-state index in [4.69, 9.17) is 9.15 Å². The second kappa shape index (κ2) is 7.59. The highest BCUT2D eigenvalue weighted by molar-refractivity contribution is 14.1. The zero-order chi connectivity index (χ0) is 14.5. The molecule has 2 rings (SSSR count). The number of benzene rings is 1. The van der Waals surface area contributed by atoms with Crippen LogP contribution in [0.4, 0.5) is 0 Å². The van der Waals surface area contributed by atoms with Crippen molar-refractivity contribution in [1.82, 2.24) is 5.32 Å². The Labute approximate surface area is 141 Å². The normalized spacial score (nSPS) is 12.6. The van der Waals surface area contributed by atoms with E-state index in [2.05, 4.69) is 69.0 Å². The van der Waals surface area contributed by atoms with Gasteiger partial charge in [0.25, 0.3) is 0 Å². The number of methoxy groups -OCH3 is 1. The topological polar surface area (TPSA) is 34.4 Å². The van der Waals surface area contributed by atoms with Crippen molar-refractivity contribution < 1.29 is 9.15 Å². The van der Waals surface area contributed by atoms with Gasteiger partial charge in [0.15, 0.2) is 0 Å². The SMILES string of the molecule is CCNC(c1ccc(COC)o1)c1cc(I)ccc1Br. The summed E-state index contributed by atoms with van der Waals surface area (Å²) < 4.78 is 13.3. The number of ether oxygens (including phenoxy) is 1. The molecule has 3 nitrogen and oxygen atoms in total. The van der Waals surface area contributed by atoms with Crippen LogP contribution >= 0.6 is 38.5 Å². The van der Waals surface area contributed by atoms with Gasteiger partial charge in [-0.2, -0.15) is 0 Å². The fourth-order valence-corrected chi connectivity index (χ4v) is 3.06. The fourth-order valence-electron chi connectivity index (χ4n) is 2.07. The lowest BCUT2D eigenvalue weighted by Gasteiger charge is -2.18. The third kappa shape index (κ3) is 3.84. The molecular formula is C15H17BrINO2. The molecule has 0 amide bonds. The number of hydrogen-bond donors (Lipinski definition) is 1. The second-order valence-electron chi connectivity index (χ2n) is 4.39. The molecule has 1 heterocycles. The lowest BCUT2D eigenvalue weighted by molar-refractivity contribution is 0.162. The van der Waals surface area contributed by atoms with Gasteiger partial charge in [-0.15, -0.1) is 0 Å². The third-order valence-corrected chi connectivity index (χ3v) is 4.32. The van der Waals surface area contributed by atoms with E-state index in [9.17, 15) is 0 Å². The molecule has 1 aromatic heterocycles. The molecule has 0 spiro atoms. The molecule has 1 atom stereocenters. The Bertz CT molecular complexity index is 571. The van der Waals surface area contributed by atoms with Crippen LogP contribution in [-0.2, 0) is 11.3 Å². The van der Waals surface area contributed by atoms with Crippen molar-refractivity contribution in [2.75, 3.05) is 13.7 Å². The van der Waals surface area contributed by atoms with Gasteiger partial charge in [-0.3, -0.25) is 0 Å². The highest BCUT2D eigenvalue weighted by Crippen LogP contribution is 2.31. The van der Waals surface area contributed by atoms with Gasteiger partial charge >= 0.3 is 0 Å². The average Bonchev–Trinajstić information content (AvgIpc) is 2.88. The zero-order valence-electron chi connectivity index (χ0n) is 11.5. The molecule has 0 saturated heterocycles. The van der Waals surface area contributed by atoms with Crippen molar-refractivity contribution >= 4 is 38.5 Å². The third-order valence-electron chi connectivity index (χ3n) is 2.93. The lowest BCUT2D eigenvalue weighted by Crippen LogP contribution is -2.22. The molecule has 1 aromatic carbocycles. The van der Waals surface area contributed by atoms with Crippen molar-refractivity contribution in [2.24, 2.45) is 0 Å². The summed E-state index contributed by atoms with van der Waals surface area (Å²) in [5.41, 5.74) is 1.18. The molecule has 1 unspecified atom stereocenters. The van der Waals surface area contributed by atoms with E-state index in [1.807, 2.05) is 12.1 Å². The molecule has 2 aromatic rings. The van der Waals surface area contributed by atoms with Gasteiger partial charge in [-0.05, 0) is 65.0 Å². The molecule has 20 heavy (non-hydrogen) atoms. The molecule has 0 aliphatic rings. The van der Waals surface area contributed by atoms with Gasteiger partial charge in [0.2, 0.25) is 0 Å². The van der Waals surface area contributed by atoms with E-state index in [1.54, 1.807) is 7.11 Å². The van der Waals surface area contributed by atoms with Gasteiger partial charge in [-0.25, -0.2) is 0 Å². The Kier molecular flexibility index (Phi) is 6.07. The van der Waals surface area contributed by atoms with Crippen molar-refractivity contribution in [3.63, 3.8) is 0 Å². The Balaban J connectivity index is 2.36. The highest BCUT2D eigenvalue weighted by Gasteiger charge is 2.19. The molecule has 0 bridgehead atoms. The van der Waals surface area contributed by atoms with Gasteiger partial charge in [0, 0.05) is 15.2 Å². The monoisotopic (exact) mass is 449 g/mol. The zero-order valence-corrected chi connectivity index (χ0v) is 15.2. The summed E-state index contributed by atoms with van der Waals surface area (Å²) in [5, 5.41) is 3.47. The molecule has 108 valence electrons. The number of rotatable bonds is 6. The lowest BCUT2D eigenvalue weighted by atomic mass is 10.0. The van der Waals surface area contributed by atoms with E-state index in [0.717, 1.165) is 22.5 Å². The summed E-state index contributed by atoms with van der Waals surface area (Å²) in [5.74, 6) is 1.74. The molecule has 0 fully saturated rings. The number of halogens is 2. The largest absolute Gasteiger partial charge is 0.462 e. The van der Waals surface area contributed by atoms with Crippen LogP contribution in [0.1, 0.15) is 30.0 Å². The van der Waals surface area contributed by atoms with E-state index >= 15 is 0 Å². The molecule has 0 saturated carbocycles. The quantitative estimate of drug-likeness (QED) is 0.659. The van der Waals surface area contributed by atoms with Gasteiger partial charge in [-0.1, -0.05) is 22.9 Å². The number of furan rings is 1. The first kappa shape index (κ1) is 16.0. The Hall–Kier alpha value is -0.370. The molecule has 1 N–H and O–H groups in total. The van der Waals surface area contributed by atoms with Gasteiger partial charge in [0.05, 0.1) is 6.04 Å². The van der Waals surface area contributed by atoms with Crippen LogP contribution in [0.15, 0.2) is 39.2 Å². The van der Waals surface area contributed by atoms with Crippen LogP contribution in [-0.4, -0.2) is 13.7 Å². The van der Waals surface area contributed by atoms with Crippen molar-refractivity contribution in [3.8, 4) is 0 Å². The van der Waals surface area contributed by atoms with Crippen molar-refractivity contribution in [2.45, 2.75) is 19.6 Å². The van der Waals surface area contributed by atoms with Crippen LogP contribution in [0.3, 0.4) is 0 Å². The summed E-state index contributed by atoms with van der Waals surface area (Å²) in [6, 6.07) is 10.3. The molecule has 5 heteroatoms. The van der Waals surface area contributed by atoms with Gasteiger partial charge < -0.3 is 14.5 Å². The Morgan fingerprint density at radius 3 is 2.85 bits per heavy atom. The second-order valence-corrected chi connectivity index (χ2v) is 6.49. The first-order chi connectivity index (χ1) is 9.65.